The largest absolute Gasteiger partial charge is 0.492 e. The van der Waals surface area contributed by atoms with Crippen LogP contribution in [-0.4, -0.2) is 50.8 Å². The maximum Gasteiger partial charge on any atom is 0.239 e. The molecule has 1 rings (SSSR count). The Bertz CT molecular complexity index is 443. The van der Waals surface area contributed by atoms with Gasteiger partial charge in [-0.05, 0) is 43.5 Å². The Kier molecular flexibility index (Phi) is 7.19. The average molecular weight is 294 g/mol. The van der Waals surface area contributed by atoms with Crippen molar-refractivity contribution in [1.82, 2.24) is 4.90 Å². The summed E-state index contributed by atoms with van der Waals surface area (Å²) < 4.78 is 10.6. The molecule has 0 bridgehead atoms. The van der Waals surface area contributed by atoms with Gasteiger partial charge in [-0.15, -0.1) is 0 Å². The zero-order valence-electron chi connectivity index (χ0n) is 13.4. The second kappa shape index (κ2) is 8.64. The summed E-state index contributed by atoms with van der Waals surface area (Å²) in [5.41, 5.74) is 8.14. The highest BCUT2D eigenvalue weighted by atomic mass is 16.5. The molecular formula is C16H26N2O3. The van der Waals surface area contributed by atoms with Crippen LogP contribution in [-0.2, 0) is 9.53 Å². The van der Waals surface area contributed by atoms with E-state index in [-0.39, 0.29) is 5.91 Å². The minimum atomic E-state index is -0.517. The van der Waals surface area contributed by atoms with Gasteiger partial charge in [-0.3, -0.25) is 4.79 Å². The lowest BCUT2D eigenvalue weighted by Gasteiger charge is -2.21. The highest BCUT2D eigenvalue weighted by Gasteiger charge is 2.17. The van der Waals surface area contributed by atoms with Crippen molar-refractivity contribution in [3.63, 3.8) is 0 Å². The predicted molar refractivity (Wildman–Crippen MR) is 83.5 cm³/mol. The van der Waals surface area contributed by atoms with E-state index in [1.54, 1.807) is 19.1 Å². The minimum Gasteiger partial charge on any atom is -0.492 e. The number of ether oxygens (including phenoxy) is 2. The lowest BCUT2D eigenvalue weighted by molar-refractivity contribution is -0.132. The third-order valence-electron chi connectivity index (χ3n) is 3.22. The van der Waals surface area contributed by atoms with Gasteiger partial charge in [0.2, 0.25) is 5.91 Å². The van der Waals surface area contributed by atoms with Crippen LogP contribution >= 0.6 is 0 Å². The zero-order valence-corrected chi connectivity index (χ0v) is 13.4. The van der Waals surface area contributed by atoms with Gasteiger partial charge in [0.25, 0.3) is 0 Å². The Morgan fingerprint density at radius 1 is 1.24 bits per heavy atom. The average Bonchev–Trinajstić information content (AvgIpc) is 2.42. The van der Waals surface area contributed by atoms with Crippen LogP contribution in [0.3, 0.4) is 0 Å². The zero-order chi connectivity index (χ0) is 15.8. The summed E-state index contributed by atoms with van der Waals surface area (Å²) in [6.45, 7) is 5.50. The molecule has 1 amide bonds. The van der Waals surface area contributed by atoms with Crippen molar-refractivity contribution in [3.8, 4) is 5.75 Å². The molecule has 2 N–H and O–H groups in total. The molecule has 0 saturated carbocycles. The van der Waals surface area contributed by atoms with Gasteiger partial charge in [0, 0.05) is 20.8 Å². The number of likely N-dealkylation sites (N-methyl/N-ethyl adjacent to an activating group) is 1. The van der Waals surface area contributed by atoms with E-state index in [0.29, 0.717) is 26.2 Å². The summed E-state index contributed by atoms with van der Waals surface area (Å²) in [4.78, 5) is 13.6. The van der Waals surface area contributed by atoms with Crippen LogP contribution in [0.4, 0.5) is 0 Å². The second-order valence-corrected chi connectivity index (χ2v) is 5.32. The number of carbonyl (C=O) groups excluding carboxylic acids is 1. The van der Waals surface area contributed by atoms with Gasteiger partial charge in [0.05, 0.1) is 12.6 Å². The topological polar surface area (TPSA) is 64.8 Å². The number of hydrogen-bond donors (Lipinski definition) is 1. The summed E-state index contributed by atoms with van der Waals surface area (Å²) in [5, 5.41) is 0. The van der Waals surface area contributed by atoms with Crippen molar-refractivity contribution in [2.75, 3.05) is 33.9 Å². The van der Waals surface area contributed by atoms with Crippen molar-refractivity contribution in [1.29, 1.82) is 0 Å². The molecule has 0 radical (unpaired) electrons. The number of methoxy groups -OCH3 is 1. The number of hydrogen-bond acceptors (Lipinski definition) is 4. The molecule has 0 aliphatic carbocycles. The van der Waals surface area contributed by atoms with Crippen molar-refractivity contribution in [3.05, 3.63) is 29.3 Å². The fourth-order valence-electron chi connectivity index (χ4n) is 2.08. The summed E-state index contributed by atoms with van der Waals surface area (Å²) in [6.07, 6.45) is 0.525. The van der Waals surface area contributed by atoms with E-state index in [9.17, 15) is 4.79 Å². The van der Waals surface area contributed by atoms with Crippen LogP contribution in [0.25, 0.3) is 0 Å². The van der Waals surface area contributed by atoms with E-state index in [1.165, 1.54) is 0 Å². The Balaban J connectivity index is 2.38. The fourth-order valence-corrected chi connectivity index (χ4v) is 2.08. The molecule has 0 aliphatic heterocycles. The van der Waals surface area contributed by atoms with Crippen molar-refractivity contribution >= 4 is 5.91 Å². The van der Waals surface area contributed by atoms with Gasteiger partial charge in [-0.2, -0.15) is 0 Å². The monoisotopic (exact) mass is 294 g/mol. The van der Waals surface area contributed by atoms with Crippen molar-refractivity contribution in [2.45, 2.75) is 26.3 Å². The third-order valence-corrected chi connectivity index (χ3v) is 3.22. The second-order valence-electron chi connectivity index (χ2n) is 5.32. The van der Waals surface area contributed by atoms with Gasteiger partial charge >= 0.3 is 0 Å². The van der Waals surface area contributed by atoms with E-state index in [0.717, 1.165) is 16.9 Å². The number of rotatable bonds is 8. The molecule has 0 aromatic heterocycles. The molecule has 1 unspecified atom stereocenters. The van der Waals surface area contributed by atoms with Crippen LogP contribution in [0, 0.1) is 13.8 Å². The maximum absolute atomic E-state index is 12.0. The van der Waals surface area contributed by atoms with Crippen molar-refractivity contribution < 1.29 is 14.3 Å². The molecule has 0 aliphatic rings. The van der Waals surface area contributed by atoms with Crippen molar-refractivity contribution in [2.24, 2.45) is 5.73 Å². The Hall–Kier alpha value is -1.59. The highest BCUT2D eigenvalue weighted by molar-refractivity contribution is 5.81. The van der Waals surface area contributed by atoms with Gasteiger partial charge in [-0.25, -0.2) is 0 Å². The van der Waals surface area contributed by atoms with Gasteiger partial charge in [0.15, 0.2) is 0 Å². The Labute approximate surface area is 127 Å². The molecule has 5 nitrogen and oxygen atoms in total. The highest BCUT2D eigenvalue weighted by Crippen LogP contribution is 2.16. The Morgan fingerprint density at radius 2 is 1.86 bits per heavy atom. The van der Waals surface area contributed by atoms with Crippen LogP contribution < -0.4 is 10.5 Å². The lowest BCUT2D eigenvalue weighted by Crippen LogP contribution is -2.43. The molecule has 21 heavy (non-hydrogen) atoms. The van der Waals surface area contributed by atoms with Gasteiger partial charge in [0.1, 0.15) is 12.4 Å². The van der Waals surface area contributed by atoms with E-state index in [1.807, 2.05) is 26.0 Å². The maximum atomic E-state index is 12.0. The SMILES string of the molecule is COCCC(N)C(=O)N(C)CCOc1cc(C)cc(C)c1. The molecule has 0 spiro atoms. The minimum absolute atomic E-state index is 0.0870. The number of carbonyl (C=O) groups is 1. The normalized spacial score (nSPS) is 12.0. The molecular weight excluding hydrogens is 268 g/mol. The summed E-state index contributed by atoms with van der Waals surface area (Å²) >= 11 is 0. The molecule has 1 aromatic carbocycles. The molecule has 118 valence electrons. The first-order chi connectivity index (χ1) is 9.93. The Morgan fingerprint density at radius 3 is 2.43 bits per heavy atom. The first kappa shape index (κ1) is 17.5. The number of benzene rings is 1. The molecule has 0 heterocycles. The number of amides is 1. The molecule has 1 atom stereocenters. The van der Waals surface area contributed by atoms with Crippen LogP contribution in [0.1, 0.15) is 17.5 Å². The van der Waals surface area contributed by atoms with Gasteiger partial charge < -0.3 is 20.1 Å². The summed E-state index contributed by atoms with van der Waals surface area (Å²) in [5.74, 6) is 0.744. The van der Waals surface area contributed by atoms with E-state index in [2.05, 4.69) is 6.07 Å². The smallest absolute Gasteiger partial charge is 0.239 e. The standard InChI is InChI=1S/C16H26N2O3/c1-12-9-13(2)11-14(10-12)21-8-6-18(3)16(19)15(17)5-7-20-4/h9-11,15H,5-8,17H2,1-4H3. The molecule has 5 heteroatoms. The van der Waals surface area contributed by atoms with Gasteiger partial charge in [-0.1, -0.05) is 6.07 Å². The first-order valence-corrected chi connectivity index (χ1v) is 7.14. The quantitative estimate of drug-likeness (QED) is 0.789. The molecule has 1 aromatic rings. The van der Waals surface area contributed by atoms with E-state index in [4.69, 9.17) is 15.2 Å². The third kappa shape index (κ3) is 6.14. The summed E-state index contributed by atoms with van der Waals surface area (Å²) in [7, 11) is 3.33. The first-order valence-electron chi connectivity index (χ1n) is 7.14. The van der Waals surface area contributed by atoms with E-state index < -0.39 is 6.04 Å². The molecule has 0 saturated heterocycles. The van der Waals surface area contributed by atoms with Crippen LogP contribution in [0.5, 0.6) is 5.75 Å². The predicted octanol–water partition coefficient (Wildman–Crippen LogP) is 1.50. The van der Waals surface area contributed by atoms with Crippen LogP contribution in [0.15, 0.2) is 18.2 Å². The number of nitrogens with two attached hydrogens (primary N) is 1. The lowest BCUT2D eigenvalue weighted by atomic mass is 10.1. The van der Waals surface area contributed by atoms with Crippen LogP contribution in [0.2, 0.25) is 0 Å². The number of aryl methyl sites for hydroxylation is 2. The fraction of sp³-hybridized carbons (Fsp3) is 0.562. The summed E-state index contributed by atoms with van der Waals surface area (Å²) in [6, 6.07) is 5.55. The van der Waals surface area contributed by atoms with E-state index >= 15 is 0 Å². The number of nitrogens with zero attached hydrogens (tertiary/aromatic N) is 1. The molecule has 0 fully saturated rings.